The first kappa shape index (κ1) is 19.0. The van der Waals surface area contributed by atoms with Crippen molar-refractivity contribution in [1.82, 2.24) is 10.6 Å². The molecular formula is C16H20BrN3O2S2. The molecule has 0 aliphatic rings. The summed E-state index contributed by atoms with van der Waals surface area (Å²) in [6, 6.07) is 8.73. The SMILES string of the molecule is CN=C(NCCS(=O)(=O)c1ccc(Br)cc1)NCc1sccc1C. The Kier molecular flexibility index (Phi) is 6.82. The monoisotopic (exact) mass is 429 g/mol. The van der Waals surface area contributed by atoms with Gasteiger partial charge in [-0.1, -0.05) is 15.9 Å². The lowest BCUT2D eigenvalue weighted by molar-refractivity contribution is 0.594. The summed E-state index contributed by atoms with van der Waals surface area (Å²) < 4.78 is 25.4. The summed E-state index contributed by atoms with van der Waals surface area (Å²) in [6.45, 7) is 3.03. The third-order valence-electron chi connectivity index (χ3n) is 3.44. The fraction of sp³-hybridized carbons (Fsp3) is 0.312. The highest BCUT2D eigenvalue weighted by molar-refractivity contribution is 9.10. The normalized spacial score (nSPS) is 12.2. The fourth-order valence-electron chi connectivity index (χ4n) is 2.03. The lowest BCUT2D eigenvalue weighted by Crippen LogP contribution is -2.39. The number of rotatable bonds is 6. The van der Waals surface area contributed by atoms with Gasteiger partial charge >= 0.3 is 0 Å². The Labute approximate surface area is 155 Å². The van der Waals surface area contributed by atoms with Crippen LogP contribution in [0.4, 0.5) is 0 Å². The second-order valence-corrected chi connectivity index (χ2v) is 9.18. The summed E-state index contributed by atoms with van der Waals surface area (Å²) in [5, 5.41) is 8.29. The molecule has 0 saturated carbocycles. The van der Waals surface area contributed by atoms with E-state index in [9.17, 15) is 8.42 Å². The molecule has 2 N–H and O–H groups in total. The van der Waals surface area contributed by atoms with Crippen LogP contribution < -0.4 is 10.6 Å². The third kappa shape index (κ3) is 5.32. The van der Waals surface area contributed by atoms with Crippen molar-refractivity contribution < 1.29 is 8.42 Å². The van der Waals surface area contributed by atoms with E-state index in [0.717, 1.165) is 4.47 Å². The topological polar surface area (TPSA) is 70.6 Å². The van der Waals surface area contributed by atoms with E-state index >= 15 is 0 Å². The fourth-order valence-corrected chi connectivity index (χ4v) is 4.30. The van der Waals surface area contributed by atoms with Crippen LogP contribution in [-0.2, 0) is 16.4 Å². The van der Waals surface area contributed by atoms with E-state index in [2.05, 4.69) is 44.5 Å². The number of sulfone groups is 1. The minimum absolute atomic E-state index is 0.00730. The maximum absolute atomic E-state index is 12.3. The second kappa shape index (κ2) is 8.64. The first-order valence-electron chi connectivity index (χ1n) is 7.38. The Morgan fingerprint density at radius 3 is 2.50 bits per heavy atom. The van der Waals surface area contributed by atoms with Crippen LogP contribution in [0.3, 0.4) is 0 Å². The standard InChI is InChI=1S/C16H20BrN3O2S2/c1-12-7-9-23-15(12)11-20-16(18-2)19-8-10-24(21,22)14-5-3-13(17)4-6-14/h3-7,9H,8,10-11H2,1-2H3,(H2,18,19,20). The summed E-state index contributed by atoms with van der Waals surface area (Å²) in [5.41, 5.74) is 1.24. The van der Waals surface area contributed by atoms with Crippen molar-refractivity contribution in [2.24, 2.45) is 4.99 Å². The highest BCUT2D eigenvalue weighted by Gasteiger charge is 2.14. The summed E-state index contributed by atoms with van der Waals surface area (Å²) >= 11 is 4.99. The van der Waals surface area contributed by atoms with Crippen LogP contribution in [0, 0.1) is 6.92 Å². The van der Waals surface area contributed by atoms with E-state index in [1.54, 1.807) is 42.6 Å². The molecule has 1 aromatic carbocycles. The molecule has 0 radical (unpaired) electrons. The molecule has 2 aromatic rings. The van der Waals surface area contributed by atoms with E-state index in [1.165, 1.54) is 10.4 Å². The lowest BCUT2D eigenvalue weighted by atomic mass is 10.3. The van der Waals surface area contributed by atoms with Crippen LogP contribution in [0.2, 0.25) is 0 Å². The average Bonchev–Trinajstić information content (AvgIpc) is 2.96. The van der Waals surface area contributed by atoms with Crippen LogP contribution in [0.5, 0.6) is 0 Å². The van der Waals surface area contributed by atoms with Crippen molar-refractivity contribution in [3.63, 3.8) is 0 Å². The highest BCUT2D eigenvalue weighted by atomic mass is 79.9. The Hall–Kier alpha value is -1.38. The van der Waals surface area contributed by atoms with Gasteiger partial charge in [0.25, 0.3) is 0 Å². The van der Waals surface area contributed by atoms with Gasteiger partial charge in [-0.05, 0) is 48.2 Å². The lowest BCUT2D eigenvalue weighted by Gasteiger charge is -2.12. The minimum Gasteiger partial charge on any atom is -0.355 e. The minimum atomic E-state index is -3.31. The van der Waals surface area contributed by atoms with Crippen molar-refractivity contribution in [1.29, 1.82) is 0 Å². The van der Waals surface area contributed by atoms with Gasteiger partial charge in [0.05, 0.1) is 17.2 Å². The molecule has 0 atom stereocenters. The van der Waals surface area contributed by atoms with E-state index in [1.807, 2.05) is 5.38 Å². The number of nitrogens with one attached hydrogen (secondary N) is 2. The van der Waals surface area contributed by atoms with Gasteiger partial charge in [0.15, 0.2) is 15.8 Å². The number of hydrogen-bond donors (Lipinski definition) is 2. The van der Waals surface area contributed by atoms with Crippen LogP contribution in [0.25, 0.3) is 0 Å². The molecule has 24 heavy (non-hydrogen) atoms. The van der Waals surface area contributed by atoms with Gasteiger partial charge in [-0.25, -0.2) is 8.42 Å². The van der Waals surface area contributed by atoms with Gasteiger partial charge in [0.2, 0.25) is 0 Å². The predicted octanol–water partition coefficient (Wildman–Crippen LogP) is 2.96. The van der Waals surface area contributed by atoms with Crippen LogP contribution >= 0.6 is 27.3 Å². The van der Waals surface area contributed by atoms with Gasteiger partial charge in [0.1, 0.15) is 0 Å². The number of nitrogens with zero attached hydrogens (tertiary/aromatic N) is 1. The maximum atomic E-state index is 12.3. The van der Waals surface area contributed by atoms with E-state index in [4.69, 9.17) is 0 Å². The molecule has 0 bridgehead atoms. The molecule has 2 rings (SSSR count). The quantitative estimate of drug-likeness (QED) is 0.546. The van der Waals surface area contributed by atoms with Gasteiger partial charge in [0, 0.05) is 22.9 Å². The Bertz CT molecular complexity index is 799. The summed E-state index contributed by atoms with van der Waals surface area (Å²) in [5.74, 6) is 0.599. The van der Waals surface area contributed by atoms with Gasteiger partial charge in [-0.2, -0.15) is 0 Å². The summed E-state index contributed by atoms with van der Waals surface area (Å²) in [6.07, 6.45) is 0. The van der Waals surface area contributed by atoms with Crippen LogP contribution in [0.15, 0.2) is 50.1 Å². The van der Waals surface area contributed by atoms with E-state index < -0.39 is 9.84 Å². The zero-order valence-electron chi connectivity index (χ0n) is 13.5. The first-order chi connectivity index (χ1) is 11.4. The summed E-state index contributed by atoms with van der Waals surface area (Å²) in [4.78, 5) is 5.68. The molecule has 0 aliphatic heterocycles. The van der Waals surface area contributed by atoms with Gasteiger partial charge < -0.3 is 10.6 Å². The van der Waals surface area contributed by atoms with E-state index in [-0.39, 0.29) is 5.75 Å². The Morgan fingerprint density at radius 2 is 1.92 bits per heavy atom. The zero-order chi connectivity index (χ0) is 17.6. The third-order valence-corrected chi connectivity index (χ3v) is 6.73. The zero-order valence-corrected chi connectivity index (χ0v) is 16.8. The van der Waals surface area contributed by atoms with E-state index in [0.29, 0.717) is 23.9 Å². The molecule has 0 unspecified atom stereocenters. The molecule has 8 heteroatoms. The number of hydrogen-bond acceptors (Lipinski definition) is 4. The molecule has 0 spiro atoms. The van der Waals surface area contributed by atoms with Crippen LogP contribution in [-0.4, -0.2) is 33.7 Å². The number of benzene rings is 1. The van der Waals surface area contributed by atoms with Gasteiger partial charge in [-0.15, -0.1) is 11.3 Å². The van der Waals surface area contributed by atoms with Gasteiger partial charge in [-0.3, -0.25) is 4.99 Å². The average molecular weight is 430 g/mol. The number of aryl methyl sites for hydroxylation is 1. The molecule has 0 fully saturated rings. The largest absolute Gasteiger partial charge is 0.355 e. The number of halogens is 1. The Balaban J connectivity index is 1.85. The predicted molar refractivity (Wildman–Crippen MR) is 103 cm³/mol. The molecule has 0 aliphatic carbocycles. The van der Waals surface area contributed by atoms with Crippen molar-refractivity contribution in [3.05, 3.63) is 50.6 Å². The number of thiophene rings is 1. The number of guanidine groups is 1. The summed E-state index contributed by atoms with van der Waals surface area (Å²) in [7, 11) is -1.64. The molecular weight excluding hydrogens is 410 g/mol. The first-order valence-corrected chi connectivity index (χ1v) is 10.7. The molecule has 0 amide bonds. The maximum Gasteiger partial charge on any atom is 0.191 e. The molecule has 0 saturated heterocycles. The van der Waals surface area contributed by atoms with Crippen molar-refractivity contribution in [2.45, 2.75) is 18.4 Å². The highest BCUT2D eigenvalue weighted by Crippen LogP contribution is 2.16. The number of aliphatic imine (C=N–C) groups is 1. The molecule has 5 nitrogen and oxygen atoms in total. The molecule has 130 valence electrons. The van der Waals surface area contributed by atoms with Crippen molar-refractivity contribution in [3.8, 4) is 0 Å². The Morgan fingerprint density at radius 1 is 1.21 bits per heavy atom. The van der Waals surface area contributed by atoms with Crippen LogP contribution in [0.1, 0.15) is 10.4 Å². The molecule has 1 heterocycles. The molecule has 1 aromatic heterocycles. The smallest absolute Gasteiger partial charge is 0.191 e. The van der Waals surface area contributed by atoms with Crippen molar-refractivity contribution >= 4 is 43.1 Å². The second-order valence-electron chi connectivity index (χ2n) is 5.15. The van der Waals surface area contributed by atoms with Crippen molar-refractivity contribution in [2.75, 3.05) is 19.3 Å².